The van der Waals surface area contributed by atoms with Crippen LogP contribution < -0.4 is 5.32 Å². The van der Waals surface area contributed by atoms with Crippen LogP contribution in [0.15, 0.2) is 6.20 Å². The van der Waals surface area contributed by atoms with E-state index in [2.05, 4.69) is 15.1 Å². The normalized spacial score (nSPS) is 20.3. The van der Waals surface area contributed by atoms with E-state index in [1.807, 2.05) is 6.20 Å². The number of aromatic nitrogens is 2. The molecule has 1 aliphatic carbocycles. The summed E-state index contributed by atoms with van der Waals surface area (Å²) < 4.78 is 2.20. The second-order valence-electron chi connectivity index (χ2n) is 3.40. The highest BCUT2D eigenvalue weighted by atomic mass is 35.5. The molecule has 0 atom stereocenters. The number of halogens is 1. The predicted molar refractivity (Wildman–Crippen MR) is 48.3 cm³/mol. The van der Waals surface area contributed by atoms with Crippen molar-refractivity contribution in [3.05, 3.63) is 17.5 Å². The molecule has 0 unspecified atom stereocenters. The molecular weight excluding hydrogens is 174 g/mol. The van der Waals surface area contributed by atoms with Crippen LogP contribution in [0.3, 0.4) is 0 Å². The van der Waals surface area contributed by atoms with Crippen LogP contribution >= 0.6 is 12.4 Å². The Hall–Kier alpha value is -0.540. The fraction of sp³-hybridized carbons (Fsp3) is 0.625. The Morgan fingerprint density at radius 1 is 1.42 bits per heavy atom. The molecule has 3 rings (SSSR count). The monoisotopic (exact) mass is 185 g/mol. The summed E-state index contributed by atoms with van der Waals surface area (Å²) >= 11 is 0. The van der Waals surface area contributed by atoms with Gasteiger partial charge >= 0.3 is 0 Å². The van der Waals surface area contributed by atoms with Gasteiger partial charge in [-0.3, -0.25) is 4.68 Å². The van der Waals surface area contributed by atoms with E-state index >= 15 is 0 Å². The molecule has 0 spiro atoms. The molecule has 1 fully saturated rings. The highest BCUT2D eigenvalue weighted by molar-refractivity contribution is 5.85. The Balaban J connectivity index is 0.000000563. The number of nitrogens with one attached hydrogen (secondary N) is 1. The molecule has 0 bridgehead atoms. The summed E-state index contributed by atoms with van der Waals surface area (Å²) in [6.07, 6.45) is 4.66. The molecular formula is C8H12ClN3. The standard InChI is InChI=1S/C8H11N3.ClH/c1-2-7(1)11-8-5-9-3-6(8)4-10-11;/h4,7,9H,1-3,5H2;1H. The van der Waals surface area contributed by atoms with Gasteiger partial charge in [0.15, 0.2) is 0 Å². The third-order valence-electron chi connectivity index (χ3n) is 2.49. The summed E-state index contributed by atoms with van der Waals surface area (Å²) in [6, 6.07) is 0.735. The lowest BCUT2D eigenvalue weighted by Crippen LogP contribution is -2.07. The molecule has 4 heteroatoms. The van der Waals surface area contributed by atoms with Gasteiger partial charge in [-0.15, -0.1) is 12.4 Å². The van der Waals surface area contributed by atoms with Crippen LogP contribution in [-0.2, 0) is 13.1 Å². The van der Waals surface area contributed by atoms with E-state index in [-0.39, 0.29) is 12.4 Å². The van der Waals surface area contributed by atoms with Gasteiger partial charge in [-0.2, -0.15) is 5.10 Å². The maximum Gasteiger partial charge on any atom is 0.0570 e. The summed E-state index contributed by atoms with van der Waals surface area (Å²) in [6.45, 7) is 2.04. The molecule has 12 heavy (non-hydrogen) atoms. The van der Waals surface area contributed by atoms with Crippen molar-refractivity contribution in [3.63, 3.8) is 0 Å². The second kappa shape index (κ2) is 2.75. The SMILES string of the molecule is Cl.c1nn(C2CC2)c2c1CNC2. The molecule has 1 aliphatic heterocycles. The Bertz CT molecular complexity index is 290. The number of rotatable bonds is 1. The van der Waals surface area contributed by atoms with Crippen LogP contribution in [0.2, 0.25) is 0 Å². The maximum absolute atomic E-state index is 4.38. The van der Waals surface area contributed by atoms with Crippen molar-refractivity contribution in [3.8, 4) is 0 Å². The van der Waals surface area contributed by atoms with Gasteiger partial charge < -0.3 is 5.32 Å². The zero-order valence-electron chi connectivity index (χ0n) is 6.79. The van der Waals surface area contributed by atoms with Crippen LogP contribution in [0.5, 0.6) is 0 Å². The summed E-state index contributed by atoms with van der Waals surface area (Å²) in [4.78, 5) is 0. The minimum Gasteiger partial charge on any atom is -0.307 e. The zero-order chi connectivity index (χ0) is 7.26. The average Bonchev–Trinajstić information content (AvgIpc) is 2.63. The quantitative estimate of drug-likeness (QED) is 0.714. The second-order valence-corrected chi connectivity index (χ2v) is 3.40. The minimum absolute atomic E-state index is 0. The molecule has 2 aliphatic rings. The fourth-order valence-corrected chi connectivity index (χ4v) is 1.71. The van der Waals surface area contributed by atoms with E-state index in [4.69, 9.17) is 0 Å². The van der Waals surface area contributed by atoms with Crippen molar-refractivity contribution < 1.29 is 0 Å². The largest absolute Gasteiger partial charge is 0.307 e. The number of hydrogen-bond donors (Lipinski definition) is 1. The van der Waals surface area contributed by atoms with E-state index < -0.39 is 0 Å². The predicted octanol–water partition coefficient (Wildman–Crippen LogP) is 1.24. The molecule has 1 aromatic rings. The van der Waals surface area contributed by atoms with Crippen molar-refractivity contribution in [1.29, 1.82) is 0 Å². The molecule has 3 nitrogen and oxygen atoms in total. The lowest BCUT2D eigenvalue weighted by molar-refractivity contribution is 0.592. The van der Waals surface area contributed by atoms with E-state index in [0.717, 1.165) is 19.1 Å². The topological polar surface area (TPSA) is 29.9 Å². The number of hydrogen-bond acceptors (Lipinski definition) is 2. The molecule has 0 saturated heterocycles. The van der Waals surface area contributed by atoms with Crippen molar-refractivity contribution in [1.82, 2.24) is 15.1 Å². The lowest BCUT2D eigenvalue weighted by Gasteiger charge is -2.00. The molecule has 2 heterocycles. The molecule has 1 aromatic heterocycles. The Morgan fingerprint density at radius 2 is 2.25 bits per heavy atom. The first kappa shape index (κ1) is 8.08. The van der Waals surface area contributed by atoms with Gasteiger partial charge in [-0.1, -0.05) is 0 Å². The van der Waals surface area contributed by atoms with Gasteiger partial charge in [-0.25, -0.2) is 0 Å². The molecule has 66 valence electrons. The Morgan fingerprint density at radius 3 is 3.00 bits per heavy atom. The van der Waals surface area contributed by atoms with Crippen LogP contribution in [-0.4, -0.2) is 9.78 Å². The minimum atomic E-state index is 0. The van der Waals surface area contributed by atoms with Crippen LogP contribution in [0.4, 0.5) is 0 Å². The number of nitrogens with zero attached hydrogens (tertiary/aromatic N) is 2. The first-order valence-corrected chi connectivity index (χ1v) is 4.21. The average molecular weight is 186 g/mol. The van der Waals surface area contributed by atoms with Crippen LogP contribution in [0.1, 0.15) is 30.1 Å². The zero-order valence-corrected chi connectivity index (χ0v) is 7.60. The lowest BCUT2D eigenvalue weighted by atomic mass is 10.3. The highest BCUT2D eigenvalue weighted by Crippen LogP contribution is 2.36. The summed E-state index contributed by atoms with van der Waals surface area (Å²) in [5, 5.41) is 7.71. The Kier molecular flexibility index (Phi) is 1.85. The molecule has 1 N–H and O–H groups in total. The van der Waals surface area contributed by atoms with Gasteiger partial charge in [0, 0.05) is 18.7 Å². The van der Waals surface area contributed by atoms with Gasteiger partial charge in [0.1, 0.15) is 0 Å². The van der Waals surface area contributed by atoms with Crippen molar-refractivity contribution in [2.24, 2.45) is 0 Å². The number of fused-ring (bicyclic) bond motifs is 1. The van der Waals surface area contributed by atoms with E-state index in [1.165, 1.54) is 24.1 Å². The molecule has 0 radical (unpaired) electrons. The van der Waals surface area contributed by atoms with E-state index in [9.17, 15) is 0 Å². The summed E-state index contributed by atoms with van der Waals surface area (Å²) in [7, 11) is 0. The van der Waals surface area contributed by atoms with Crippen LogP contribution in [0.25, 0.3) is 0 Å². The Labute approximate surface area is 77.6 Å². The smallest absolute Gasteiger partial charge is 0.0570 e. The van der Waals surface area contributed by atoms with Gasteiger partial charge in [0.2, 0.25) is 0 Å². The van der Waals surface area contributed by atoms with Crippen molar-refractivity contribution in [2.45, 2.75) is 32.0 Å². The molecule has 0 aromatic carbocycles. The maximum atomic E-state index is 4.38. The van der Waals surface area contributed by atoms with E-state index in [1.54, 1.807) is 0 Å². The third kappa shape index (κ3) is 1.04. The van der Waals surface area contributed by atoms with Gasteiger partial charge in [0.05, 0.1) is 17.9 Å². The third-order valence-corrected chi connectivity index (χ3v) is 2.49. The summed E-state index contributed by atoms with van der Waals surface area (Å²) in [5.74, 6) is 0. The molecule has 0 amide bonds. The highest BCUT2D eigenvalue weighted by Gasteiger charge is 2.28. The first-order valence-electron chi connectivity index (χ1n) is 4.21. The van der Waals surface area contributed by atoms with Crippen molar-refractivity contribution >= 4 is 12.4 Å². The molecule has 1 saturated carbocycles. The first-order chi connectivity index (χ1) is 5.45. The van der Waals surface area contributed by atoms with Gasteiger partial charge in [0.25, 0.3) is 0 Å². The van der Waals surface area contributed by atoms with Crippen molar-refractivity contribution in [2.75, 3.05) is 0 Å². The van der Waals surface area contributed by atoms with E-state index in [0.29, 0.717) is 0 Å². The van der Waals surface area contributed by atoms with Crippen LogP contribution in [0, 0.1) is 0 Å². The van der Waals surface area contributed by atoms with Gasteiger partial charge in [-0.05, 0) is 12.8 Å². The fourth-order valence-electron chi connectivity index (χ4n) is 1.71. The summed E-state index contributed by atoms with van der Waals surface area (Å²) in [5.41, 5.74) is 2.82.